The van der Waals surface area contributed by atoms with Crippen LogP contribution in [0.5, 0.6) is 0 Å². The fourth-order valence-electron chi connectivity index (χ4n) is 2.97. The zero-order valence-corrected chi connectivity index (χ0v) is 14.0. The highest BCUT2D eigenvalue weighted by atomic mass is 16.5. The Bertz CT molecular complexity index is 814. The zero-order chi connectivity index (χ0) is 16.9. The SMILES string of the molecule is c1ccc(-n2ncc3c(NCCCN4CCOCC4)ncnc32)nc1. The van der Waals surface area contributed by atoms with E-state index >= 15 is 0 Å². The van der Waals surface area contributed by atoms with Crippen LogP contribution in [-0.2, 0) is 4.74 Å². The van der Waals surface area contributed by atoms with E-state index in [9.17, 15) is 0 Å². The monoisotopic (exact) mass is 339 g/mol. The maximum atomic E-state index is 5.37. The Labute approximate surface area is 145 Å². The van der Waals surface area contributed by atoms with Crippen LogP contribution in [0.3, 0.4) is 0 Å². The third kappa shape index (κ3) is 3.59. The van der Waals surface area contributed by atoms with Gasteiger partial charge < -0.3 is 10.1 Å². The van der Waals surface area contributed by atoms with Gasteiger partial charge >= 0.3 is 0 Å². The van der Waals surface area contributed by atoms with Gasteiger partial charge in [-0.1, -0.05) is 6.07 Å². The van der Waals surface area contributed by atoms with Crippen LogP contribution in [0, 0.1) is 0 Å². The van der Waals surface area contributed by atoms with Crippen molar-refractivity contribution in [2.75, 3.05) is 44.7 Å². The molecule has 4 rings (SSSR count). The van der Waals surface area contributed by atoms with Crippen LogP contribution in [-0.4, -0.2) is 69.0 Å². The van der Waals surface area contributed by atoms with Crippen molar-refractivity contribution in [2.45, 2.75) is 6.42 Å². The summed E-state index contributed by atoms with van der Waals surface area (Å²) in [4.78, 5) is 15.5. The fourth-order valence-corrected chi connectivity index (χ4v) is 2.97. The Balaban J connectivity index is 1.43. The molecule has 1 aliphatic rings. The van der Waals surface area contributed by atoms with Gasteiger partial charge in [0.1, 0.15) is 12.1 Å². The highest BCUT2D eigenvalue weighted by Gasteiger charge is 2.12. The maximum Gasteiger partial charge on any atom is 0.170 e. The molecule has 8 heteroatoms. The second kappa shape index (κ2) is 7.54. The smallest absolute Gasteiger partial charge is 0.170 e. The van der Waals surface area contributed by atoms with Gasteiger partial charge in [-0.25, -0.2) is 15.0 Å². The Hall–Kier alpha value is -2.58. The van der Waals surface area contributed by atoms with Gasteiger partial charge in [-0.15, -0.1) is 0 Å². The lowest BCUT2D eigenvalue weighted by atomic mass is 10.3. The van der Waals surface area contributed by atoms with Crippen molar-refractivity contribution in [1.29, 1.82) is 0 Å². The molecule has 0 amide bonds. The van der Waals surface area contributed by atoms with Crippen molar-refractivity contribution in [2.24, 2.45) is 0 Å². The summed E-state index contributed by atoms with van der Waals surface area (Å²) in [5.41, 5.74) is 0.754. The lowest BCUT2D eigenvalue weighted by Gasteiger charge is -2.26. The van der Waals surface area contributed by atoms with Crippen LogP contribution in [0.1, 0.15) is 6.42 Å². The number of anilines is 1. The van der Waals surface area contributed by atoms with Gasteiger partial charge in [0.15, 0.2) is 11.5 Å². The quantitative estimate of drug-likeness (QED) is 0.679. The average molecular weight is 339 g/mol. The molecule has 1 saturated heterocycles. The summed E-state index contributed by atoms with van der Waals surface area (Å²) < 4.78 is 7.11. The van der Waals surface area contributed by atoms with Crippen molar-refractivity contribution in [3.63, 3.8) is 0 Å². The molecule has 1 aliphatic heterocycles. The van der Waals surface area contributed by atoms with Gasteiger partial charge in [-0.05, 0) is 25.1 Å². The Morgan fingerprint density at radius 1 is 1.12 bits per heavy atom. The molecule has 0 radical (unpaired) electrons. The van der Waals surface area contributed by atoms with Gasteiger partial charge in [-0.2, -0.15) is 9.78 Å². The predicted octanol–water partition coefficient (Wildman–Crippen LogP) is 1.34. The number of fused-ring (bicyclic) bond motifs is 1. The molecular weight excluding hydrogens is 318 g/mol. The van der Waals surface area contributed by atoms with E-state index in [-0.39, 0.29) is 0 Å². The normalized spacial score (nSPS) is 15.5. The molecule has 0 aliphatic carbocycles. The minimum absolute atomic E-state index is 0.745. The van der Waals surface area contributed by atoms with Gasteiger partial charge in [-0.3, -0.25) is 4.90 Å². The van der Waals surface area contributed by atoms with E-state index in [1.165, 1.54) is 0 Å². The number of ether oxygens (including phenoxy) is 1. The molecule has 3 aromatic rings. The van der Waals surface area contributed by atoms with E-state index in [0.717, 1.165) is 68.5 Å². The second-order valence-corrected chi connectivity index (χ2v) is 5.94. The van der Waals surface area contributed by atoms with Crippen LogP contribution in [0.15, 0.2) is 36.9 Å². The van der Waals surface area contributed by atoms with E-state index in [2.05, 4.69) is 30.3 Å². The number of aromatic nitrogens is 5. The molecule has 1 N–H and O–H groups in total. The average Bonchev–Trinajstić information content (AvgIpc) is 3.12. The van der Waals surface area contributed by atoms with Crippen LogP contribution in [0.25, 0.3) is 16.9 Å². The van der Waals surface area contributed by atoms with Crippen molar-refractivity contribution < 1.29 is 4.74 Å². The predicted molar refractivity (Wildman–Crippen MR) is 94.8 cm³/mol. The topological polar surface area (TPSA) is 81.0 Å². The molecule has 8 nitrogen and oxygen atoms in total. The van der Waals surface area contributed by atoms with Gasteiger partial charge in [0, 0.05) is 25.8 Å². The molecule has 0 spiro atoms. The Morgan fingerprint density at radius 3 is 2.88 bits per heavy atom. The second-order valence-electron chi connectivity index (χ2n) is 5.94. The number of hydrogen-bond acceptors (Lipinski definition) is 7. The van der Waals surface area contributed by atoms with E-state index in [4.69, 9.17) is 4.74 Å². The molecule has 0 unspecified atom stereocenters. The molecule has 0 atom stereocenters. The molecule has 25 heavy (non-hydrogen) atoms. The van der Waals surface area contributed by atoms with Crippen molar-refractivity contribution >= 4 is 16.9 Å². The molecule has 4 heterocycles. The lowest BCUT2D eigenvalue weighted by molar-refractivity contribution is 0.0378. The molecule has 3 aromatic heterocycles. The summed E-state index contributed by atoms with van der Waals surface area (Å²) >= 11 is 0. The van der Waals surface area contributed by atoms with Crippen LogP contribution >= 0.6 is 0 Å². The summed E-state index contributed by atoms with van der Waals surface area (Å²) in [6, 6.07) is 5.72. The Kier molecular flexibility index (Phi) is 4.80. The molecular formula is C17H21N7O. The van der Waals surface area contributed by atoms with E-state index in [1.54, 1.807) is 23.4 Å². The number of hydrogen-bond donors (Lipinski definition) is 1. The van der Waals surface area contributed by atoms with Crippen molar-refractivity contribution in [1.82, 2.24) is 29.6 Å². The summed E-state index contributed by atoms with van der Waals surface area (Å²) in [6.07, 6.45) is 6.15. The number of pyridine rings is 1. The number of rotatable bonds is 6. The van der Waals surface area contributed by atoms with Crippen LogP contribution in [0.4, 0.5) is 5.82 Å². The van der Waals surface area contributed by atoms with Crippen molar-refractivity contribution in [3.05, 3.63) is 36.9 Å². The highest BCUT2D eigenvalue weighted by molar-refractivity contribution is 5.86. The molecule has 130 valence electrons. The lowest BCUT2D eigenvalue weighted by Crippen LogP contribution is -2.37. The fraction of sp³-hybridized carbons (Fsp3) is 0.412. The first kappa shape index (κ1) is 15.9. The minimum Gasteiger partial charge on any atom is -0.379 e. The molecule has 0 aromatic carbocycles. The van der Waals surface area contributed by atoms with E-state index in [0.29, 0.717) is 0 Å². The van der Waals surface area contributed by atoms with E-state index < -0.39 is 0 Å². The number of nitrogens with one attached hydrogen (secondary N) is 1. The largest absolute Gasteiger partial charge is 0.379 e. The molecule has 1 fully saturated rings. The first-order valence-electron chi connectivity index (χ1n) is 8.56. The molecule has 0 bridgehead atoms. The van der Waals surface area contributed by atoms with Crippen LogP contribution in [0.2, 0.25) is 0 Å². The van der Waals surface area contributed by atoms with Gasteiger partial charge in [0.05, 0.1) is 24.8 Å². The third-order valence-corrected chi connectivity index (χ3v) is 4.28. The van der Waals surface area contributed by atoms with Gasteiger partial charge in [0.25, 0.3) is 0 Å². The Morgan fingerprint density at radius 2 is 2.04 bits per heavy atom. The number of morpholine rings is 1. The third-order valence-electron chi connectivity index (χ3n) is 4.28. The summed E-state index contributed by atoms with van der Waals surface area (Å²) in [7, 11) is 0. The summed E-state index contributed by atoms with van der Waals surface area (Å²) in [6.45, 7) is 5.65. The summed E-state index contributed by atoms with van der Waals surface area (Å²) in [5.74, 6) is 1.56. The molecule has 0 saturated carbocycles. The van der Waals surface area contributed by atoms with Crippen molar-refractivity contribution in [3.8, 4) is 5.82 Å². The number of nitrogens with zero attached hydrogens (tertiary/aromatic N) is 6. The first-order chi connectivity index (χ1) is 12.4. The zero-order valence-electron chi connectivity index (χ0n) is 14.0. The van der Waals surface area contributed by atoms with E-state index in [1.807, 2.05) is 18.2 Å². The van der Waals surface area contributed by atoms with Gasteiger partial charge in [0.2, 0.25) is 0 Å². The standard InChI is InChI=1S/C17H21N7O/c1-2-5-18-15(4-1)24-17-14(12-22-24)16(20-13-21-17)19-6-3-7-23-8-10-25-11-9-23/h1-2,4-5,12-13H,3,6-11H2,(H,19,20,21). The summed E-state index contributed by atoms with van der Waals surface area (Å²) in [5, 5.41) is 8.73. The minimum atomic E-state index is 0.745. The highest BCUT2D eigenvalue weighted by Crippen LogP contribution is 2.20. The maximum absolute atomic E-state index is 5.37. The first-order valence-corrected chi connectivity index (χ1v) is 8.56. The van der Waals surface area contributed by atoms with Crippen LogP contribution < -0.4 is 5.32 Å².